The fourth-order valence-electron chi connectivity index (χ4n) is 1.71. The van der Waals surface area contributed by atoms with E-state index in [-0.39, 0.29) is 18.6 Å². The number of nitrogens with one attached hydrogen (secondary N) is 1. The zero-order valence-corrected chi connectivity index (χ0v) is 8.23. The van der Waals surface area contributed by atoms with E-state index in [2.05, 4.69) is 4.98 Å². The second-order valence-corrected chi connectivity index (χ2v) is 3.48. The van der Waals surface area contributed by atoms with Crippen LogP contribution in [0.5, 0.6) is 23.3 Å². The molecule has 2 aromatic rings. The third-order valence-corrected chi connectivity index (χ3v) is 2.47. The quantitative estimate of drug-likeness (QED) is 0.683. The van der Waals surface area contributed by atoms with E-state index in [1.165, 1.54) is 6.07 Å². The second kappa shape index (κ2) is 3.10. The summed E-state index contributed by atoms with van der Waals surface area (Å²) in [6, 6.07) is 6.76. The number of benzene rings is 1. The highest BCUT2D eigenvalue weighted by Crippen LogP contribution is 2.39. The van der Waals surface area contributed by atoms with E-state index >= 15 is 0 Å². The molecule has 0 unspecified atom stereocenters. The SMILES string of the molecule is Oc1cc(-c2ccc3c(c2)OCO3)c(O)[nH]1. The van der Waals surface area contributed by atoms with Gasteiger partial charge in [-0.25, -0.2) is 0 Å². The van der Waals surface area contributed by atoms with E-state index in [1.54, 1.807) is 18.2 Å². The lowest BCUT2D eigenvalue weighted by molar-refractivity contribution is 0.174. The molecule has 82 valence electrons. The van der Waals surface area contributed by atoms with Gasteiger partial charge in [-0.1, -0.05) is 6.07 Å². The number of fused-ring (bicyclic) bond motifs is 1. The second-order valence-electron chi connectivity index (χ2n) is 3.48. The number of aromatic amines is 1. The van der Waals surface area contributed by atoms with Crippen LogP contribution in [0.15, 0.2) is 24.3 Å². The standard InChI is InChI=1S/C11H9NO4/c13-10-4-7(11(14)12-10)6-1-2-8-9(3-6)16-5-15-8/h1-4,12-14H,5H2. The molecule has 1 aliphatic heterocycles. The first-order valence-corrected chi connectivity index (χ1v) is 4.75. The Morgan fingerprint density at radius 3 is 2.62 bits per heavy atom. The number of aromatic hydroxyl groups is 2. The summed E-state index contributed by atoms with van der Waals surface area (Å²) in [5, 5.41) is 18.8. The van der Waals surface area contributed by atoms with E-state index in [0.717, 1.165) is 5.56 Å². The summed E-state index contributed by atoms with van der Waals surface area (Å²) in [7, 11) is 0. The van der Waals surface area contributed by atoms with E-state index in [9.17, 15) is 10.2 Å². The summed E-state index contributed by atoms with van der Waals surface area (Å²) in [5.74, 6) is 1.17. The van der Waals surface area contributed by atoms with Gasteiger partial charge in [0.05, 0.1) is 0 Å². The minimum Gasteiger partial charge on any atom is -0.494 e. The normalized spacial score (nSPS) is 13.0. The average Bonchev–Trinajstić information content (AvgIpc) is 2.83. The molecule has 5 nitrogen and oxygen atoms in total. The lowest BCUT2D eigenvalue weighted by Gasteiger charge is -2.00. The molecular weight excluding hydrogens is 210 g/mol. The van der Waals surface area contributed by atoms with Crippen molar-refractivity contribution in [1.29, 1.82) is 0 Å². The molecule has 1 aromatic carbocycles. The Morgan fingerprint density at radius 2 is 1.88 bits per heavy atom. The highest BCUT2D eigenvalue weighted by molar-refractivity contribution is 5.73. The minimum absolute atomic E-state index is 0.0728. The maximum atomic E-state index is 9.55. The fourth-order valence-corrected chi connectivity index (χ4v) is 1.71. The summed E-state index contributed by atoms with van der Waals surface area (Å²) in [4.78, 5) is 2.41. The fraction of sp³-hybridized carbons (Fsp3) is 0.0909. The Bertz CT molecular complexity index is 547. The first kappa shape index (κ1) is 8.96. The molecule has 0 aliphatic carbocycles. The zero-order chi connectivity index (χ0) is 11.1. The van der Waals surface area contributed by atoms with Crippen LogP contribution in [0.3, 0.4) is 0 Å². The Kier molecular flexibility index (Phi) is 1.73. The Morgan fingerprint density at radius 1 is 1.06 bits per heavy atom. The van der Waals surface area contributed by atoms with Gasteiger partial charge in [-0.3, -0.25) is 4.98 Å². The smallest absolute Gasteiger partial charge is 0.231 e. The molecule has 3 rings (SSSR count). The summed E-state index contributed by atoms with van der Waals surface area (Å²) in [6.45, 7) is 0.211. The Labute approximate surface area is 90.9 Å². The summed E-state index contributed by atoms with van der Waals surface area (Å²) >= 11 is 0. The molecule has 1 aliphatic rings. The van der Waals surface area contributed by atoms with Crippen LogP contribution < -0.4 is 9.47 Å². The molecule has 1 aromatic heterocycles. The van der Waals surface area contributed by atoms with Crippen molar-refractivity contribution in [1.82, 2.24) is 4.98 Å². The number of hydrogen-bond donors (Lipinski definition) is 3. The van der Waals surface area contributed by atoms with Gasteiger partial charge >= 0.3 is 0 Å². The lowest BCUT2D eigenvalue weighted by atomic mass is 10.1. The number of hydrogen-bond acceptors (Lipinski definition) is 4. The van der Waals surface area contributed by atoms with Crippen molar-refractivity contribution in [3.63, 3.8) is 0 Å². The van der Waals surface area contributed by atoms with Crippen LogP contribution >= 0.6 is 0 Å². The molecule has 0 spiro atoms. The first-order valence-electron chi connectivity index (χ1n) is 4.75. The highest BCUT2D eigenvalue weighted by Gasteiger charge is 2.16. The Balaban J connectivity index is 2.10. The van der Waals surface area contributed by atoms with Crippen molar-refractivity contribution in [2.75, 3.05) is 6.79 Å². The molecule has 0 amide bonds. The topological polar surface area (TPSA) is 74.7 Å². The lowest BCUT2D eigenvalue weighted by Crippen LogP contribution is -1.92. The Hall–Kier alpha value is -2.30. The van der Waals surface area contributed by atoms with Crippen LogP contribution in [0.4, 0.5) is 0 Å². The summed E-state index contributed by atoms with van der Waals surface area (Å²) in [5.41, 5.74) is 1.27. The van der Waals surface area contributed by atoms with Gasteiger partial charge < -0.3 is 19.7 Å². The minimum atomic E-state index is -0.0785. The third kappa shape index (κ3) is 1.25. The molecule has 2 heterocycles. The van der Waals surface area contributed by atoms with Crippen molar-refractivity contribution in [3.8, 4) is 34.4 Å². The molecule has 16 heavy (non-hydrogen) atoms. The molecule has 0 radical (unpaired) electrons. The predicted octanol–water partition coefficient (Wildman–Crippen LogP) is 1.82. The van der Waals surface area contributed by atoms with Crippen molar-refractivity contribution < 1.29 is 19.7 Å². The largest absolute Gasteiger partial charge is 0.494 e. The van der Waals surface area contributed by atoms with Gasteiger partial charge in [-0.05, 0) is 17.7 Å². The van der Waals surface area contributed by atoms with Crippen molar-refractivity contribution in [3.05, 3.63) is 24.3 Å². The van der Waals surface area contributed by atoms with Gasteiger partial charge in [0.25, 0.3) is 0 Å². The van der Waals surface area contributed by atoms with Gasteiger partial charge in [-0.2, -0.15) is 0 Å². The van der Waals surface area contributed by atoms with Crippen LogP contribution in [0.25, 0.3) is 11.1 Å². The van der Waals surface area contributed by atoms with Crippen molar-refractivity contribution in [2.24, 2.45) is 0 Å². The van der Waals surface area contributed by atoms with Gasteiger partial charge in [0.2, 0.25) is 6.79 Å². The van der Waals surface area contributed by atoms with E-state index in [4.69, 9.17) is 9.47 Å². The van der Waals surface area contributed by atoms with Crippen LogP contribution in [0.2, 0.25) is 0 Å². The molecule has 0 saturated heterocycles. The number of H-pyrrole nitrogens is 1. The van der Waals surface area contributed by atoms with Crippen LogP contribution in [-0.2, 0) is 0 Å². The molecule has 0 bridgehead atoms. The first-order chi connectivity index (χ1) is 7.74. The number of rotatable bonds is 1. The molecule has 0 fully saturated rings. The van der Waals surface area contributed by atoms with Gasteiger partial charge in [-0.15, -0.1) is 0 Å². The van der Waals surface area contributed by atoms with Crippen LogP contribution in [-0.4, -0.2) is 22.0 Å². The third-order valence-electron chi connectivity index (χ3n) is 2.47. The van der Waals surface area contributed by atoms with E-state index < -0.39 is 0 Å². The zero-order valence-electron chi connectivity index (χ0n) is 8.23. The summed E-state index contributed by atoms with van der Waals surface area (Å²) in [6.07, 6.45) is 0. The number of ether oxygens (including phenoxy) is 2. The maximum Gasteiger partial charge on any atom is 0.231 e. The van der Waals surface area contributed by atoms with E-state index in [0.29, 0.717) is 17.1 Å². The average molecular weight is 219 g/mol. The van der Waals surface area contributed by atoms with Crippen molar-refractivity contribution in [2.45, 2.75) is 0 Å². The van der Waals surface area contributed by atoms with Gasteiger partial charge in [0, 0.05) is 11.6 Å². The van der Waals surface area contributed by atoms with Crippen LogP contribution in [0, 0.1) is 0 Å². The maximum absolute atomic E-state index is 9.55. The monoisotopic (exact) mass is 219 g/mol. The van der Waals surface area contributed by atoms with E-state index in [1.807, 2.05) is 0 Å². The number of aromatic nitrogens is 1. The highest BCUT2D eigenvalue weighted by atomic mass is 16.7. The van der Waals surface area contributed by atoms with Crippen LogP contribution in [0.1, 0.15) is 0 Å². The molecular formula is C11H9NO4. The van der Waals surface area contributed by atoms with Gasteiger partial charge in [0.15, 0.2) is 23.3 Å². The molecule has 0 saturated carbocycles. The van der Waals surface area contributed by atoms with Gasteiger partial charge in [0.1, 0.15) is 0 Å². The molecule has 5 heteroatoms. The predicted molar refractivity (Wildman–Crippen MR) is 55.7 cm³/mol. The summed E-state index contributed by atoms with van der Waals surface area (Å²) < 4.78 is 10.4. The van der Waals surface area contributed by atoms with Crippen molar-refractivity contribution >= 4 is 0 Å². The molecule has 3 N–H and O–H groups in total. The molecule has 0 atom stereocenters.